The molecule has 0 aliphatic carbocycles. The second-order valence-electron chi connectivity index (χ2n) is 4.56. The Morgan fingerprint density at radius 3 is 2.79 bits per heavy atom. The van der Waals surface area contributed by atoms with Crippen molar-refractivity contribution in [1.82, 2.24) is 10.3 Å². The van der Waals surface area contributed by atoms with E-state index < -0.39 is 0 Å². The predicted octanol–water partition coefficient (Wildman–Crippen LogP) is 2.54. The van der Waals surface area contributed by atoms with Crippen molar-refractivity contribution in [3.05, 3.63) is 53.2 Å². The molecule has 1 aromatic heterocycles. The van der Waals surface area contributed by atoms with Crippen molar-refractivity contribution in [3.63, 3.8) is 0 Å². The number of nitrogens with one attached hydrogen (secondary N) is 1. The van der Waals surface area contributed by atoms with Crippen molar-refractivity contribution in [2.24, 2.45) is 0 Å². The number of rotatable bonds is 5. The van der Waals surface area contributed by atoms with E-state index in [4.69, 9.17) is 4.42 Å². The van der Waals surface area contributed by atoms with Crippen LogP contribution in [0, 0.1) is 13.8 Å². The van der Waals surface area contributed by atoms with Crippen LogP contribution in [0.4, 0.5) is 0 Å². The minimum Gasteiger partial charge on any atom is -0.449 e. The Morgan fingerprint density at radius 1 is 1.32 bits per heavy atom. The fourth-order valence-corrected chi connectivity index (χ4v) is 1.91. The highest BCUT2D eigenvalue weighted by molar-refractivity contribution is 5.76. The molecule has 1 heterocycles. The van der Waals surface area contributed by atoms with Gasteiger partial charge in [0.15, 0.2) is 5.89 Å². The highest BCUT2D eigenvalue weighted by Gasteiger charge is 2.05. The zero-order valence-corrected chi connectivity index (χ0v) is 11.3. The van der Waals surface area contributed by atoms with Gasteiger partial charge in [0.1, 0.15) is 6.26 Å². The molecule has 0 aliphatic rings. The summed E-state index contributed by atoms with van der Waals surface area (Å²) in [5.74, 6) is 0.646. The van der Waals surface area contributed by atoms with E-state index in [0.717, 1.165) is 12.1 Å². The summed E-state index contributed by atoms with van der Waals surface area (Å²) in [6.07, 6.45) is 2.81. The molecular formula is C15H18N2O2. The number of nitrogens with zero attached hydrogens (tertiary/aromatic N) is 1. The van der Waals surface area contributed by atoms with E-state index in [0.29, 0.717) is 18.9 Å². The fourth-order valence-electron chi connectivity index (χ4n) is 1.91. The first-order valence-corrected chi connectivity index (χ1v) is 6.37. The molecule has 4 heteroatoms. The molecule has 2 rings (SSSR count). The molecule has 0 fully saturated rings. The predicted molar refractivity (Wildman–Crippen MR) is 72.6 cm³/mol. The lowest BCUT2D eigenvalue weighted by atomic mass is 10.0. The van der Waals surface area contributed by atoms with Gasteiger partial charge in [0.2, 0.25) is 5.91 Å². The van der Waals surface area contributed by atoms with Crippen molar-refractivity contribution in [2.75, 3.05) is 0 Å². The number of hydrogen-bond acceptors (Lipinski definition) is 3. The molecule has 0 saturated carbocycles. The van der Waals surface area contributed by atoms with E-state index in [2.05, 4.69) is 29.4 Å². The second kappa shape index (κ2) is 6.18. The molecule has 4 nitrogen and oxygen atoms in total. The number of aromatic nitrogens is 1. The highest BCUT2D eigenvalue weighted by atomic mass is 16.3. The average molecular weight is 258 g/mol. The van der Waals surface area contributed by atoms with Gasteiger partial charge in [-0.3, -0.25) is 4.79 Å². The van der Waals surface area contributed by atoms with Crippen LogP contribution in [0.3, 0.4) is 0 Å². The van der Waals surface area contributed by atoms with Crippen LogP contribution in [0.15, 0.2) is 34.9 Å². The van der Waals surface area contributed by atoms with Gasteiger partial charge in [-0.25, -0.2) is 4.98 Å². The maximum atomic E-state index is 11.7. The van der Waals surface area contributed by atoms with Gasteiger partial charge in [-0.15, -0.1) is 0 Å². The van der Waals surface area contributed by atoms with Crippen LogP contribution in [0.5, 0.6) is 0 Å². The Kier molecular flexibility index (Phi) is 4.34. The molecule has 1 amide bonds. The third-order valence-electron chi connectivity index (χ3n) is 3.02. The summed E-state index contributed by atoms with van der Waals surface area (Å²) in [5, 5.41) is 2.84. The molecule has 100 valence electrons. The molecule has 0 atom stereocenters. The molecular weight excluding hydrogens is 240 g/mol. The molecule has 0 unspecified atom stereocenters. The Hall–Kier alpha value is -2.10. The standard InChI is InChI=1S/C15H18N2O2/c1-11-5-3-4-6-13(11)7-8-15(18)16-9-14-10-19-12(2)17-14/h3-6,10H,7-9H2,1-2H3,(H,16,18). The van der Waals surface area contributed by atoms with Gasteiger partial charge < -0.3 is 9.73 Å². The highest BCUT2D eigenvalue weighted by Crippen LogP contribution is 2.09. The van der Waals surface area contributed by atoms with Crippen molar-refractivity contribution < 1.29 is 9.21 Å². The minimum absolute atomic E-state index is 0.0314. The van der Waals surface area contributed by atoms with Crippen LogP contribution in [0.2, 0.25) is 0 Å². The monoisotopic (exact) mass is 258 g/mol. The van der Waals surface area contributed by atoms with E-state index in [9.17, 15) is 4.79 Å². The zero-order valence-electron chi connectivity index (χ0n) is 11.3. The van der Waals surface area contributed by atoms with Crippen LogP contribution >= 0.6 is 0 Å². The third kappa shape index (κ3) is 3.95. The number of aryl methyl sites for hydroxylation is 3. The summed E-state index contributed by atoms with van der Waals surface area (Å²) in [5.41, 5.74) is 3.19. The van der Waals surface area contributed by atoms with E-state index in [1.54, 1.807) is 13.2 Å². The van der Waals surface area contributed by atoms with Gasteiger partial charge >= 0.3 is 0 Å². The fraction of sp³-hybridized carbons (Fsp3) is 0.333. The van der Waals surface area contributed by atoms with Gasteiger partial charge in [-0.1, -0.05) is 24.3 Å². The maximum absolute atomic E-state index is 11.7. The van der Waals surface area contributed by atoms with E-state index >= 15 is 0 Å². The quantitative estimate of drug-likeness (QED) is 0.896. The second-order valence-corrected chi connectivity index (χ2v) is 4.56. The van der Waals surface area contributed by atoms with Crippen LogP contribution in [-0.4, -0.2) is 10.9 Å². The summed E-state index contributed by atoms with van der Waals surface area (Å²) < 4.78 is 5.08. The number of benzene rings is 1. The van der Waals surface area contributed by atoms with Crippen molar-refractivity contribution in [1.29, 1.82) is 0 Å². The molecule has 1 N–H and O–H groups in total. The molecule has 1 aromatic carbocycles. The van der Waals surface area contributed by atoms with Crippen LogP contribution in [-0.2, 0) is 17.8 Å². The largest absolute Gasteiger partial charge is 0.449 e. The van der Waals surface area contributed by atoms with Crippen molar-refractivity contribution in [3.8, 4) is 0 Å². The maximum Gasteiger partial charge on any atom is 0.220 e. The Labute approximate surface area is 112 Å². The van der Waals surface area contributed by atoms with E-state index in [1.807, 2.05) is 12.1 Å². The van der Waals surface area contributed by atoms with Gasteiger partial charge in [0.05, 0.1) is 12.2 Å². The summed E-state index contributed by atoms with van der Waals surface area (Å²) in [4.78, 5) is 15.9. The van der Waals surface area contributed by atoms with Gasteiger partial charge in [-0.05, 0) is 24.5 Å². The van der Waals surface area contributed by atoms with Crippen LogP contribution in [0.1, 0.15) is 29.1 Å². The molecule has 0 radical (unpaired) electrons. The lowest BCUT2D eigenvalue weighted by molar-refractivity contribution is -0.121. The van der Waals surface area contributed by atoms with Crippen molar-refractivity contribution in [2.45, 2.75) is 33.2 Å². The number of amides is 1. The molecule has 2 aromatic rings. The van der Waals surface area contributed by atoms with Crippen molar-refractivity contribution >= 4 is 5.91 Å². The number of oxazole rings is 1. The van der Waals surface area contributed by atoms with Gasteiger partial charge in [0.25, 0.3) is 0 Å². The summed E-state index contributed by atoms with van der Waals surface area (Å²) in [6, 6.07) is 8.12. The Morgan fingerprint density at radius 2 is 2.11 bits per heavy atom. The average Bonchev–Trinajstić information content (AvgIpc) is 2.81. The molecule has 19 heavy (non-hydrogen) atoms. The summed E-state index contributed by atoms with van der Waals surface area (Å²) in [6.45, 7) is 4.26. The molecule has 0 spiro atoms. The summed E-state index contributed by atoms with van der Waals surface area (Å²) >= 11 is 0. The van der Waals surface area contributed by atoms with Crippen LogP contribution < -0.4 is 5.32 Å². The first-order valence-electron chi connectivity index (χ1n) is 6.37. The number of carbonyl (C=O) groups excluding carboxylic acids is 1. The normalized spacial score (nSPS) is 10.4. The number of hydrogen-bond donors (Lipinski definition) is 1. The van der Waals surface area contributed by atoms with Crippen LogP contribution in [0.25, 0.3) is 0 Å². The molecule has 0 aliphatic heterocycles. The zero-order chi connectivity index (χ0) is 13.7. The van der Waals surface area contributed by atoms with E-state index in [1.165, 1.54) is 11.1 Å². The summed E-state index contributed by atoms with van der Waals surface area (Å²) in [7, 11) is 0. The first kappa shape index (κ1) is 13.3. The Balaban J connectivity index is 1.77. The molecule has 0 bridgehead atoms. The Bertz CT molecular complexity index is 561. The lowest BCUT2D eigenvalue weighted by Crippen LogP contribution is -2.23. The molecule has 0 saturated heterocycles. The number of carbonyl (C=O) groups is 1. The smallest absolute Gasteiger partial charge is 0.220 e. The van der Waals surface area contributed by atoms with Gasteiger partial charge in [-0.2, -0.15) is 0 Å². The third-order valence-corrected chi connectivity index (χ3v) is 3.02. The van der Waals surface area contributed by atoms with Gasteiger partial charge in [0, 0.05) is 13.3 Å². The SMILES string of the molecule is Cc1nc(CNC(=O)CCc2ccccc2C)co1. The van der Waals surface area contributed by atoms with E-state index in [-0.39, 0.29) is 5.91 Å². The lowest BCUT2D eigenvalue weighted by Gasteiger charge is -2.05. The first-order chi connectivity index (χ1) is 9.15. The minimum atomic E-state index is 0.0314. The topological polar surface area (TPSA) is 55.1 Å².